The van der Waals surface area contributed by atoms with Crippen LogP contribution in [0.1, 0.15) is 24.2 Å². The molecule has 1 aliphatic rings. The second-order valence-electron chi connectivity index (χ2n) is 5.11. The number of nitrogens with zero attached hydrogens (tertiary/aromatic N) is 1. The van der Waals surface area contributed by atoms with Gasteiger partial charge >= 0.3 is 0 Å². The molecule has 0 saturated carbocycles. The SMILES string of the molecule is CC1(C)C(=O)NCCN1c1cc(N)ccc1C(N)=O. The van der Waals surface area contributed by atoms with Crippen molar-refractivity contribution in [3.63, 3.8) is 0 Å². The number of carbonyl (C=O) groups excluding carboxylic acids is 2. The molecule has 0 unspecified atom stereocenters. The van der Waals surface area contributed by atoms with Crippen LogP contribution in [0.25, 0.3) is 0 Å². The summed E-state index contributed by atoms with van der Waals surface area (Å²) >= 11 is 0. The van der Waals surface area contributed by atoms with Crippen molar-refractivity contribution in [3.05, 3.63) is 23.8 Å². The minimum atomic E-state index is -0.754. The number of hydrogen-bond donors (Lipinski definition) is 3. The topological polar surface area (TPSA) is 101 Å². The zero-order chi connectivity index (χ0) is 14.2. The van der Waals surface area contributed by atoms with Crippen molar-refractivity contribution in [1.29, 1.82) is 0 Å². The number of anilines is 2. The summed E-state index contributed by atoms with van der Waals surface area (Å²) in [5.74, 6) is -0.617. The van der Waals surface area contributed by atoms with E-state index in [2.05, 4.69) is 5.32 Å². The van der Waals surface area contributed by atoms with Crippen molar-refractivity contribution in [2.75, 3.05) is 23.7 Å². The molecule has 0 radical (unpaired) electrons. The molecule has 2 rings (SSSR count). The van der Waals surface area contributed by atoms with E-state index in [9.17, 15) is 9.59 Å². The fraction of sp³-hybridized carbons (Fsp3) is 0.385. The van der Waals surface area contributed by atoms with Crippen LogP contribution in [0.15, 0.2) is 18.2 Å². The van der Waals surface area contributed by atoms with Crippen LogP contribution in [-0.2, 0) is 4.79 Å². The summed E-state index contributed by atoms with van der Waals surface area (Å²) in [6.45, 7) is 4.72. The summed E-state index contributed by atoms with van der Waals surface area (Å²) in [5, 5.41) is 2.81. The number of hydrogen-bond acceptors (Lipinski definition) is 4. The van der Waals surface area contributed by atoms with E-state index in [-0.39, 0.29) is 5.91 Å². The third-order valence-electron chi connectivity index (χ3n) is 3.43. The molecule has 2 amide bonds. The summed E-state index contributed by atoms with van der Waals surface area (Å²) in [7, 11) is 0. The molecule has 1 saturated heterocycles. The maximum Gasteiger partial charge on any atom is 0.250 e. The lowest BCUT2D eigenvalue weighted by atomic mass is 9.96. The predicted molar refractivity (Wildman–Crippen MR) is 73.8 cm³/mol. The van der Waals surface area contributed by atoms with Crippen LogP contribution in [0.2, 0.25) is 0 Å². The van der Waals surface area contributed by atoms with Gasteiger partial charge < -0.3 is 21.7 Å². The highest BCUT2D eigenvalue weighted by molar-refractivity contribution is 6.01. The Labute approximate surface area is 111 Å². The van der Waals surface area contributed by atoms with Crippen molar-refractivity contribution >= 4 is 23.2 Å². The first kappa shape index (κ1) is 13.2. The maximum absolute atomic E-state index is 12.0. The van der Waals surface area contributed by atoms with Gasteiger partial charge in [-0.2, -0.15) is 0 Å². The van der Waals surface area contributed by atoms with Gasteiger partial charge in [0, 0.05) is 18.8 Å². The molecule has 19 heavy (non-hydrogen) atoms. The standard InChI is InChI=1S/C13H18N4O2/c1-13(2)12(19)16-5-6-17(13)10-7-8(14)3-4-9(10)11(15)18/h3-4,7H,5-6,14H2,1-2H3,(H2,15,18)(H,16,19). The van der Waals surface area contributed by atoms with E-state index in [1.165, 1.54) is 0 Å². The number of benzene rings is 1. The van der Waals surface area contributed by atoms with Crippen molar-refractivity contribution in [1.82, 2.24) is 5.32 Å². The number of amides is 2. The molecule has 1 aromatic rings. The van der Waals surface area contributed by atoms with E-state index < -0.39 is 11.4 Å². The summed E-state index contributed by atoms with van der Waals surface area (Å²) < 4.78 is 0. The fourth-order valence-corrected chi connectivity index (χ4v) is 2.30. The van der Waals surface area contributed by atoms with Gasteiger partial charge in [-0.15, -0.1) is 0 Å². The molecule has 1 aromatic carbocycles. The molecule has 6 nitrogen and oxygen atoms in total. The lowest BCUT2D eigenvalue weighted by molar-refractivity contribution is -0.126. The first-order valence-electron chi connectivity index (χ1n) is 6.09. The Balaban J connectivity index is 2.54. The summed E-state index contributed by atoms with van der Waals surface area (Å²) in [6.07, 6.45) is 0. The van der Waals surface area contributed by atoms with Crippen molar-refractivity contribution in [2.45, 2.75) is 19.4 Å². The minimum Gasteiger partial charge on any atom is -0.399 e. The third kappa shape index (κ3) is 2.21. The van der Waals surface area contributed by atoms with E-state index in [0.29, 0.717) is 30.0 Å². The number of carbonyl (C=O) groups is 2. The van der Waals surface area contributed by atoms with Gasteiger partial charge in [0.25, 0.3) is 5.91 Å². The summed E-state index contributed by atoms with van der Waals surface area (Å²) in [5.41, 5.74) is 11.9. The molecule has 1 fully saturated rings. The van der Waals surface area contributed by atoms with Crippen LogP contribution in [0.5, 0.6) is 0 Å². The molecule has 6 heteroatoms. The van der Waals surface area contributed by atoms with Gasteiger partial charge in [0.05, 0.1) is 11.3 Å². The number of piperazine rings is 1. The Kier molecular flexibility index (Phi) is 3.09. The Hall–Kier alpha value is -2.24. The van der Waals surface area contributed by atoms with Crippen LogP contribution in [0, 0.1) is 0 Å². The zero-order valence-electron chi connectivity index (χ0n) is 11.1. The molecule has 1 heterocycles. The lowest BCUT2D eigenvalue weighted by Gasteiger charge is -2.43. The van der Waals surface area contributed by atoms with E-state index in [1.54, 1.807) is 32.0 Å². The van der Waals surface area contributed by atoms with Gasteiger partial charge in [0.15, 0.2) is 0 Å². The summed E-state index contributed by atoms with van der Waals surface area (Å²) in [6, 6.07) is 4.90. The van der Waals surface area contributed by atoms with Crippen molar-refractivity contribution in [2.24, 2.45) is 5.73 Å². The van der Waals surface area contributed by atoms with Gasteiger partial charge in [-0.3, -0.25) is 9.59 Å². The van der Waals surface area contributed by atoms with Crippen LogP contribution >= 0.6 is 0 Å². The fourth-order valence-electron chi connectivity index (χ4n) is 2.30. The Morgan fingerprint density at radius 1 is 1.42 bits per heavy atom. The van der Waals surface area contributed by atoms with E-state index >= 15 is 0 Å². The van der Waals surface area contributed by atoms with E-state index in [0.717, 1.165) is 0 Å². The second kappa shape index (κ2) is 4.46. The normalized spacial score (nSPS) is 18.0. The molecule has 102 valence electrons. The predicted octanol–water partition coefficient (Wildman–Crippen LogP) is 0.0825. The monoisotopic (exact) mass is 262 g/mol. The quantitative estimate of drug-likeness (QED) is 0.657. The van der Waals surface area contributed by atoms with Crippen LogP contribution in [0.3, 0.4) is 0 Å². The molecule has 1 aliphatic heterocycles. The third-order valence-corrected chi connectivity index (χ3v) is 3.43. The number of nitrogen functional groups attached to an aromatic ring is 1. The molecule has 0 spiro atoms. The zero-order valence-corrected chi connectivity index (χ0v) is 11.1. The summed E-state index contributed by atoms with van der Waals surface area (Å²) in [4.78, 5) is 25.4. The first-order chi connectivity index (χ1) is 8.84. The number of nitrogens with two attached hydrogens (primary N) is 2. The van der Waals surface area contributed by atoms with Gasteiger partial charge in [0.1, 0.15) is 5.54 Å². The lowest BCUT2D eigenvalue weighted by Crippen LogP contribution is -2.62. The average molecular weight is 262 g/mol. The molecule has 0 aliphatic carbocycles. The largest absolute Gasteiger partial charge is 0.399 e. The van der Waals surface area contributed by atoms with Gasteiger partial charge in [-0.05, 0) is 32.0 Å². The highest BCUT2D eigenvalue weighted by Gasteiger charge is 2.38. The maximum atomic E-state index is 12.0. The first-order valence-corrected chi connectivity index (χ1v) is 6.09. The van der Waals surface area contributed by atoms with Crippen LogP contribution in [0.4, 0.5) is 11.4 Å². The molecule has 5 N–H and O–H groups in total. The molecule has 0 aromatic heterocycles. The van der Waals surface area contributed by atoms with Gasteiger partial charge in [-0.25, -0.2) is 0 Å². The smallest absolute Gasteiger partial charge is 0.250 e. The minimum absolute atomic E-state index is 0.0865. The Morgan fingerprint density at radius 3 is 2.74 bits per heavy atom. The highest BCUT2D eigenvalue weighted by atomic mass is 16.2. The number of rotatable bonds is 2. The molecule has 0 atom stereocenters. The average Bonchev–Trinajstić information content (AvgIpc) is 2.32. The Bertz CT molecular complexity index is 539. The number of nitrogens with one attached hydrogen (secondary N) is 1. The van der Waals surface area contributed by atoms with Crippen molar-refractivity contribution in [3.8, 4) is 0 Å². The van der Waals surface area contributed by atoms with Gasteiger partial charge in [-0.1, -0.05) is 0 Å². The molecular formula is C13H18N4O2. The number of primary amides is 1. The highest BCUT2D eigenvalue weighted by Crippen LogP contribution is 2.30. The van der Waals surface area contributed by atoms with Crippen molar-refractivity contribution < 1.29 is 9.59 Å². The van der Waals surface area contributed by atoms with Gasteiger partial charge in [0.2, 0.25) is 5.91 Å². The van der Waals surface area contributed by atoms with E-state index in [1.807, 2.05) is 4.90 Å². The molecule has 0 bridgehead atoms. The van der Waals surface area contributed by atoms with Crippen LogP contribution in [-0.4, -0.2) is 30.4 Å². The Morgan fingerprint density at radius 2 is 2.11 bits per heavy atom. The van der Waals surface area contributed by atoms with Crippen LogP contribution < -0.4 is 21.7 Å². The second-order valence-corrected chi connectivity index (χ2v) is 5.11. The molecular weight excluding hydrogens is 244 g/mol. The van der Waals surface area contributed by atoms with E-state index in [4.69, 9.17) is 11.5 Å².